The van der Waals surface area contributed by atoms with Crippen molar-refractivity contribution in [3.8, 4) is 0 Å². The summed E-state index contributed by atoms with van der Waals surface area (Å²) in [5.41, 5.74) is 19.3. The van der Waals surface area contributed by atoms with E-state index in [4.69, 9.17) is 22.0 Å². The van der Waals surface area contributed by atoms with Crippen molar-refractivity contribution in [3.05, 3.63) is 12.7 Å². The Labute approximate surface area is 238 Å². The fourth-order valence-electron chi connectivity index (χ4n) is 0.421. The predicted octanol–water partition coefficient (Wildman–Crippen LogP) is -0.424. The van der Waals surface area contributed by atoms with Crippen molar-refractivity contribution >= 4 is 117 Å². The van der Waals surface area contributed by atoms with E-state index >= 15 is 0 Å². The van der Waals surface area contributed by atoms with Gasteiger partial charge in [0.15, 0.2) is 0 Å². The van der Waals surface area contributed by atoms with Crippen LogP contribution in [0.1, 0.15) is 12.8 Å². The predicted molar refractivity (Wildman–Crippen MR) is 157 cm³/mol. The Morgan fingerprint density at radius 1 is 1.04 bits per heavy atom. The summed E-state index contributed by atoms with van der Waals surface area (Å²) in [4.78, 5) is 28.5. The van der Waals surface area contributed by atoms with Crippen molar-refractivity contribution in [2.24, 2.45) is 22.9 Å². The van der Waals surface area contributed by atoms with Gasteiger partial charge in [0.2, 0.25) is 6.41 Å². The number of primary amides is 1. The molecular weight excluding hydrogens is 1060 g/mol. The Morgan fingerprint density at radius 3 is 1.39 bits per heavy atom. The molecule has 0 atom stereocenters. The second kappa shape index (κ2) is 70.0. The van der Waals surface area contributed by atoms with Gasteiger partial charge in [0.05, 0.1) is 20.6 Å². The minimum Gasteiger partial charge on any atom is -0.372 e. The first kappa shape index (κ1) is 52.4. The largest absolute Gasteiger partial charge is 0.372 e. The topological polar surface area (TPSA) is 209 Å². The van der Waals surface area contributed by atoms with Gasteiger partial charge in [0, 0.05) is 49.9 Å². The van der Waals surface area contributed by atoms with Gasteiger partial charge in [0.1, 0.15) is 0 Å². The molecule has 0 bridgehead atoms. The van der Waals surface area contributed by atoms with Gasteiger partial charge in [-0.1, -0.05) is 6.58 Å². The molecule has 0 aliphatic heterocycles. The van der Waals surface area contributed by atoms with Crippen molar-refractivity contribution in [2.75, 3.05) is 33.9 Å². The van der Waals surface area contributed by atoms with E-state index in [-0.39, 0.29) is 42.5 Å². The number of halogens is 6. The smallest absolute Gasteiger partial charge is 0.204 e. The molecule has 11 N–H and O–H groups in total. The molecule has 0 saturated heterocycles. The Hall–Kier alpha value is 2.37. The van der Waals surface area contributed by atoms with E-state index in [1.54, 1.807) is 0 Å². The van der Waals surface area contributed by atoms with Crippen LogP contribution < -0.4 is 42.3 Å². The molecule has 0 aromatic carbocycles. The summed E-state index contributed by atoms with van der Waals surface area (Å²) in [5, 5.41) is 0. The fraction of sp³-hybridized carbons (Fsp3) is 0.583. The monoisotopic (exact) mass is 1090 g/mol. The van der Waals surface area contributed by atoms with Gasteiger partial charge in [-0.15, -0.1) is 24.0 Å². The van der Waals surface area contributed by atoms with Crippen LogP contribution in [-0.4, -0.2) is 52.2 Å². The van der Waals surface area contributed by atoms with Crippen LogP contribution in [0.3, 0.4) is 0 Å². The molecule has 28 heavy (non-hydrogen) atoms. The van der Waals surface area contributed by atoms with Crippen molar-refractivity contribution in [1.82, 2.24) is 6.15 Å². The molecule has 1 amide bonds. The second-order valence-electron chi connectivity index (χ2n) is 2.96. The third-order valence-corrected chi connectivity index (χ3v) is 1.35. The van der Waals surface area contributed by atoms with Gasteiger partial charge in [-0.05, 0) is 19.5 Å². The number of amides is 1. The summed E-state index contributed by atoms with van der Waals surface area (Å²) in [6, 6.07) is 0. The normalized spacial score (nSPS) is 6.46. The molecule has 0 heterocycles. The number of rotatable bonds is 5. The molecule has 0 aromatic rings. The average Bonchev–Trinajstić information content (AvgIpc) is 2.66. The maximum Gasteiger partial charge on any atom is 0.204 e. The van der Waals surface area contributed by atoms with Gasteiger partial charge < -0.3 is 38.6 Å². The maximum atomic E-state index is 10.1. The fourth-order valence-corrected chi connectivity index (χ4v) is 0.421. The molecule has 0 rings (SSSR count). The molecule has 10 nitrogen and oxygen atoms in total. The number of esters is 2. The van der Waals surface area contributed by atoms with E-state index < -0.39 is 5.97 Å². The Balaban J connectivity index is -0.0000000295. The maximum absolute atomic E-state index is 10.1. The third kappa shape index (κ3) is 119. The van der Waals surface area contributed by atoms with Gasteiger partial charge in [0.25, 0.3) is 0 Å². The van der Waals surface area contributed by atoms with E-state index in [0.29, 0.717) is 26.2 Å². The van der Waals surface area contributed by atoms with Gasteiger partial charge in [-0.25, -0.2) is 4.79 Å². The number of carbonyl (C=O) groups is 3. The summed E-state index contributed by atoms with van der Waals surface area (Å²) in [6.45, 7) is 4.96. The number of ether oxygens (including phenoxy) is 2. The molecule has 0 saturated carbocycles. The van der Waals surface area contributed by atoms with E-state index in [0.717, 1.165) is 25.6 Å². The third-order valence-electron chi connectivity index (χ3n) is 1.35. The average molecular weight is 1090 g/mol. The van der Waals surface area contributed by atoms with Crippen LogP contribution in [0.15, 0.2) is 12.7 Å². The van der Waals surface area contributed by atoms with E-state index in [1.807, 2.05) is 0 Å². The first-order valence-electron chi connectivity index (χ1n) is 6.41. The van der Waals surface area contributed by atoms with E-state index in [9.17, 15) is 9.59 Å². The standard InChI is InChI=1S/C4H9NO2.C4H6O2.C3H10N2.CH3NO.I3.I2.HI.H3N/c1-7-4(6)2-3-5;1-3-4(5)6-2;4-2-1-3-5;2-1-3;1-3-2;1-2;;/h2-3,5H2,1H3;3H,1H2,2H3;1-5H2;1H,(H2,2,3);;;1H;1H3/q;;;;-1;;;. The van der Waals surface area contributed by atoms with Crippen molar-refractivity contribution in [1.29, 1.82) is 0 Å². The molecular formula is C12H32I6N5O5-. The molecule has 0 radical (unpaired) electrons. The van der Waals surface area contributed by atoms with E-state index in [2.05, 4.69) is 96.2 Å². The number of hydrogen-bond acceptors (Lipinski definition) is 9. The molecule has 0 spiro atoms. The summed E-state index contributed by atoms with van der Waals surface area (Å²) >= 11 is 9.54. The van der Waals surface area contributed by atoms with Crippen LogP contribution in [-0.2, 0) is 23.9 Å². The summed E-state index contributed by atoms with van der Waals surface area (Å²) < 4.78 is 8.41. The molecule has 0 aromatic heterocycles. The van der Waals surface area contributed by atoms with Crippen molar-refractivity contribution in [3.63, 3.8) is 0 Å². The zero-order valence-electron chi connectivity index (χ0n) is 15.8. The van der Waals surface area contributed by atoms with Gasteiger partial charge in [-0.3, -0.25) is 9.59 Å². The van der Waals surface area contributed by atoms with Gasteiger partial charge >= 0.3 is 62.4 Å². The summed E-state index contributed by atoms with van der Waals surface area (Å²) in [6.07, 6.45) is 2.62. The zero-order valence-corrected chi connectivity index (χ0v) is 28.9. The molecule has 0 fully saturated rings. The van der Waals surface area contributed by atoms with Crippen LogP contribution in [0.25, 0.3) is 0 Å². The van der Waals surface area contributed by atoms with Gasteiger partial charge in [-0.2, -0.15) is 0 Å². The number of nitrogens with two attached hydrogens (primary N) is 4. The minimum atomic E-state index is -0.394. The summed E-state index contributed by atoms with van der Waals surface area (Å²) in [5.74, 6) is -0.641. The minimum absolute atomic E-state index is 0. The first-order valence-corrected chi connectivity index (χ1v) is 25.3. The SMILES string of the molecule is C=CC(=O)OC.COC(=O)CCN.I.II.I[I-]I.N.NC=O.NCCCN. The van der Waals surface area contributed by atoms with Crippen LogP contribution >= 0.6 is 98.4 Å². The van der Waals surface area contributed by atoms with Crippen LogP contribution in [0.2, 0.25) is 0 Å². The van der Waals surface area contributed by atoms with Crippen molar-refractivity contribution in [2.45, 2.75) is 12.8 Å². The van der Waals surface area contributed by atoms with Crippen molar-refractivity contribution < 1.29 is 37.1 Å². The number of methoxy groups -OCH3 is 2. The van der Waals surface area contributed by atoms with E-state index in [1.165, 1.54) is 14.2 Å². The molecule has 0 aliphatic rings. The molecule has 0 aliphatic carbocycles. The summed E-state index contributed by atoms with van der Waals surface area (Å²) in [7, 11) is 2.65. The second-order valence-corrected chi connectivity index (χ2v) is 19.2. The Kier molecular flexibility index (Phi) is 131. The number of carbonyl (C=O) groups excluding carboxylic acids is 3. The van der Waals surface area contributed by atoms with Crippen LogP contribution in [0.5, 0.6) is 0 Å². The zero-order chi connectivity index (χ0) is 22.2. The molecule has 0 unspecified atom stereocenters. The number of hydrogen-bond donors (Lipinski definition) is 5. The molecule has 16 heteroatoms. The van der Waals surface area contributed by atoms with Crippen LogP contribution in [0, 0.1) is 0 Å². The Morgan fingerprint density at radius 2 is 1.36 bits per heavy atom. The first-order chi connectivity index (χ1) is 12.4. The Bertz CT molecular complexity index is 283. The van der Waals surface area contributed by atoms with Crippen LogP contribution in [0.4, 0.5) is 0 Å². The molecule has 178 valence electrons. The quantitative estimate of drug-likeness (QED) is 0.105.